The number of carbonyl (C=O) groups excluding carboxylic acids is 1. The van der Waals surface area contributed by atoms with Crippen molar-refractivity contribution in [2.24, 2.45) is 0 Å². The summed E-state index contributed by atoms with van der Waals surface area (Å²) in [5, 5.41) is 3.02. The number of carbonyl (C=O) groups is 1. The molecule has 0 saturated carbocycles. The fourth-order valence-corrected chi connectivity index (χ4v) is 3.20. The number of rotatable bonds is 4. The van der Waals surface area contributed by atoms with Crippen LogP contribution in [-0.4, -0.2) is 5.91 Å². The first-order chi connectivity index (χ1) is 11.6. The first kappa shape index (κ1) is 16.9. The molecule has 0 atom stereocenters. The summed E-state index contributed by atoms with van der Waals surface area (Å²) in [7, 11) is 0. The normalized spacial score (nSPS) is 10.6. The fraction of sp³-hybridized carbons (Fsp3) is 0.0500. The molecule has 0 bridgehead atoms. The number of amides is 1. The highest BCUT2D eigenvalue weighted by molar-refractivity contribution is 9.13. The van der Waals surface area contributed by atoms with Gasteiger partial charge in [0.2, 0.25) is 5.91 Å². The van der Waals surface area contributed by atoms with Crippen molar-refractivity contribution in [3.8, 4) is 0 Å². The standard InChI is InChI=1S/C20H15Br2NO/c21-17-12-11-16(13-18(17)22)23-20(24)19(14-7-3-1-4-8-14)15-9-5-2-6-10-15/h1-13,19H,(H,23,24). The van der Waals surface area contributed by atoms with E-state index in [1.54, 1.807) is 0 Å². The second kappa shape index (κ2) is 7.77. The van der Waals surface area contributed by atoms with Crippen LogP contribution in [0.2, 0.25) is 0 Å². The Bertz CT molecular complexity index is 795. The van der Waals surface area contributed by atoms with Crippen LogP contribution in [0.3, 0.4) is 0 Å². The van der Waals surface area contributed by atoms with E-state index in [1.165, 1.54) is 0 Å². The lowest BCUT2D eigenvalue weighted by molar-refractivity contribution is -0.116. The van der Waals surface area contributed by atoms with E-state index in [4.69, 9.17) is 0 Å². The van der Waals surface area contributed by atoms with E-state index in [0.29, 0.717) is 0 Å². The Kier molecular flexibility index (Phi) is 5.48. The molecule has 3 aromatic rings. The molecule has 2 nitrogen and oxygen atoms in total. The average Bonchev–Trinajstić information content (AvgIpc) is 2.60. The SMILES string of the molecule is O=C(Nc1ccc(Br)c(Br)c1)C(c1ccccc1)c1ccccc1. The Labute approximate surface area is 158 Å². The van der Waals surface area contributed by atoms with E-state index in [2.05, 4.69) is 37.2 Å². The van der Waals surface area contributed by atoms with Gasteiger partial charge in [0.15, 0.2) is 0 Å². The second-order valence-corrected chi connectivity index (χ2v) is 7.08. The molecule has 0 saturated heterocycles. The summed E-state index contributed by atoms with van der Waals surface area (Å²) in [5.74, 6) is -0.406. The molecule has 0 radical (unpaired) electrons. The predicted octanol–water partition coefficient (Wildman–Crippen LogP) is 5.98. The Morgan fingerprint density at radius 3 is 1.79 bits per heavy atom. The van der Waals surface area contributed by atoms with Crippen LogP contribution in [-0.2, 0) is 4.79 Å². The number of hydrogen-bond donors (Lipinski definition) is 1. The molecular weight excluding hydrogens is 430 g/mol. The highest BCUT2D eigenvalue weighted by Gasteiger charge is 2.22. The molecule has 3 rings (SSSR count). The smallest absolute Gasteiger partial charge is 0.236 e. The lowest BCUT2D eigenvalue weighted by Gasteiger charge is -2.18. The highest BCUT2D eigenvalue weighted by Crippen LogP contribution is 2.29. The van der Waals surface area contributed by atoms with Crippen LogP contribution >= 0.6 is 31.9 Å². The average molecular weight is 445 g/mol. The number of anilines is 1. The van der Waals surface area contributed by atoms with Gasteiger partial charge in [-0.15, -0.1) is 0 Å². The van der Waals surface area contributed by atoms with Crippen LogP contribution in [0.15, 0.2) is 87.8 Å². The Morgan fingerprint density at radius 1 is 0.750 bits per heavy atom. The number of halogens is 2. The summed E-state index contributed by atoms with van der Waals surface area (Å²) in [5.41, 5.74) is 2.70. The maximum Gasteiger partial charge on any atom is 0.236 e. The summed E-state index contributed by atoms with van der Waals surface area (Å²) in [6, 6.07) is 25.3. The zero-order valence-corrected chi connectivity index (χ0v) is 15.9. The quantitative estimate of drug-likeness (QED) is 0.526. The van der Waals surface area contributed by atoms with Gasteiger partial charge in [-0.05, 0) is 61.2 Å². The molecule has 120 valence electrons. The lowest BCUT2D eigenvalue weighted by Crippen LogP contribution is -2.22. The van der Waals surface area contributed by atoms with Gasteiger partial charge in [0.1, 0.15) is 0 Å². The van der Waals surface area contributed by atoms with Crippen molar-refractivity contribution in [3.63, 3.8) is 0 Å². The fourth-order valence-electron chi connectivity index (χ4n) is 2.57. The highest BCUT2D eigenvalue weighted by atomic mass is 79.9. The lowest BCUT2D eigenvalue weighted by atomic mass is 9.90. The van der Waals surface area contributed by atoms with Crippen LogP contribution < -0.4 is 5.32 Å². The van der Waals surface area contributed by atoms with Gasteiger partial charge in [-0.2, -0.15) is 0 Å². The van der Waals surface area contributed by atoms with Crippen LogP contribution in [0.5, 0.6) is 0 Å². The molecule has 0 spiro atoms. The largest absolute Gasteiger partial charge is 0.325 e. The van der Waals surface area contributed by atoms with E-state index in [-0.39, 0.29) is 11.8 Å². The third kappa shape index (κ3) is 3.94. The molecule has 1 amide bonds. The van der Waals surface area contributed by atoms with Gasteiger partial charge in [-0.3, -0.25) is 4.79 Å². The van der Waals surface area contributed by atoms with Gasteiger partial charge >= 0.3 is 0 Å². The molecular formula is C20H15Br2NO. The predicted molar refractivity (Wildman–Crippen MR) is 105 cm³/mol. The minimum absolute atomic E-state index is 0.0541. The Morgan fingerprint density at radius 2 is 1.29 bits per heavy atom. The molecule has 0 aliphatic carbocycles. The van der Waals surface area contributed by atoms with E-state index < -0.39 is 0 Å². The summed E-state index contributed by atoms with van der Waals surface area (Å²) >= 11 is 6.90. The zero-order valence-electron chi connectivity index (χ0n) is 12.7. The maximum atomic E-state index is 13.0. The molecule has 1 N–H and O–H groups in total. The zero-order chi connectivity index (χ0) is 16.9. The topological polar surface area (TPSA) is 29.1 Å². The van der Waals surface area contributed by atoms with Crippen molar-refractivity contribution in [3.05, 3.63) is 98.9 Å². The van der Waals surface area contributed by atoms with Crippen LogP contribution in [0.1, 0.15) is 17.0 Å². The van der Waals surface area contributed by atoms with Crippen molar-refractivity contribution in [1.29, 1.82) is 0 Å². The van der Waals surface area contributed by atoms with Gasteiger partial charge in [0.05, 0.1) is 5.92 Å². The Hall–Kier alpha value is -1.91. The summed E-state index contributed by atoms with van der Waals surface area (Å²) in [4.78, 5) is 13.0. The molecule has 0 aliphatic heterocycles. The van der Waals surface area contributed by atoms with Gasteiger partial charge < -0.3 is 5.32 Å². The number of hydrogen-bond acceptors (Lipinski definition) is 1. The summed E-state index contributed by atoms with van der Waals surface area (Å²) in [6.45, 7) is 0. The number of benzene rings is 3. The Balaban J connectivity index is 1.93. The van der Waals surface area contributed by atoms with Gasteiger partial charge in [0.25, 0.3) is 0 Å². The molecule has 0 fully saturated rings. The third-order valence-electron chi connectivity index (χ3n) is 3.72. The molecule has 3 aromatic carbocycles. The van der Waals surface area contributed by atoms with Gasteiger partial charge in [0, 0.05) is 14.6 Å². The van der Waals surface area contributed by atoms with Crippen molar-refractivity contribution in [1.82, 2.24) is 0 Å². The molecule has 0 unspecified atom stereocenters. The van der Waals surface area contributed by atoms with E-state index in [0.717, 1.165) is 25.8 Å². The minimum Gasteiger partial charge on any atom is -0.325 e. The van der Waals surface area contributed by atoms with Crippen molar-refractivity contribution >= 4 is 43.5 Å². The molecule has 0 heterocycles. The minimum atomic E-state index is -0.352. The van der Waals surface area contributed by atoms with Gasteiger partial charge in [-0.25, -0.2) is 0 Å². The van der Waals surface area contributed by atoms with Crippen LogP contribution in [0.4, 0.5) is 5.69 Å². The first-order valence-corrected chi connectivity index (χ1v) is 9.09. The van der Waals surface area contributed by atoms with Gasteiger partial charge in [-0.1, -0.05) is 60.7 Å². The molecule has 24 heavy (non-hydrogen) atoms. The molecule has 0 aromatic heterocycles. The monoisotopic (exact) mass is 443 g/mol. The number of nitrogens with one attached hydrogen (secondary N) is 1. The molecule has 0 aliphatic rings. The van der Waals surface area contributed by atoms with E-state index in [9.17, 15) is 4.79 Å². The second-order valence-electron chi connectivity index (χ2n) is 5.37. The third-order valence-corrected chi connectivity index (χ3v) is 5.59. The van der Waals surface area contributed by atoms with Crippen molar-refractivity contribution in [2.45, 2.75) is 5.92 Å². The maximum absolute atomic E-state index is 13.0. The summed E-state index contributed by atoms with van der Waals surface area (Å²) < 4.78 is 1.85. The van der Waals surface area contributed by atoms with E-state index >= 15 is 0 Å². The molecule has 4 heteroatoms. The van der Waals surface area contributed by atoms with Crippen LogP contribution in [0.25, 0.3) is 0 Å². The van der Waals surface area contributed by atoms with Crippen LogP contribution in [0, 0.1) is 0 Å². The first-order valence-electron chi connectivity index (χ1n) is 7.51. The van der Waals surface area contributed by atoms with E-state index in [1.807, 2.05) is 78.9 Å². The van der Waals surface area contributed by atoms with Crippen molar-refractivity contribution < 1.29 is 4.79 Å². The van der Waals surface area contributed by atoms with Crippen molar-refractivity contribution in [2.75, 3.05) is 5.32 Å². The summed E-state index contributed by atoms with van der Waals surface area (Å²) in [6.07, 6.45) is 0.